The lowest BCUT2D eigenvalue weighted by molar-refractivity contribution is -0.151. The second kappa shape index (κ2) is 2.67. The molecule has 0 saturated heterocycles. The molecule has 0 N–H and O–H groups in total. The van der Waals surface area contributed by atoms with Crippen LogP contribution in [0.2, 0.25) is 0 Å². The first kappa shape index (κ1) is 9.86. The van der Waals surface area contributed by atoms with Crippen LogP contribution in [0.25, 0.3) is 0 Å². The molecule has 15 heavy (non-hydrogen) atoms. The summed E-state index contributed by atoms with van der Waals surface area (Å²) in [6.07, 6.45) is 0.384. The number of hydrogen-bond donors (Lipinski definition) is 0. The van der Waals surface area contributed by atoms with Gasteiger partial charge >= 0.3 is 0 Å². The Labute approximate surface area is 96.2 Å². The summed E-state index contributed by atoms with van der Waals surface area (Å²) < 4.78 is 25.2. The Morgan fingerprint density at radius 2 is 1.87 bits per heavy atom. The molecule has 0 aromatic heterocycles. The summed E-state index contributed by atoms with van der Waals surface area (Å²) in [6.45, 7) is 0. The summed E-state index contributed by atoms with van der Waals surface area (Å²) in [7, 11) is 0. The predicted molar refractivity (Wildman–Crippen MR) is 55.8 cm³/mol. The van der Waals surface area contributed by atoms with Crippen LogP contribution in [0.3, 0.4) is 0 Å². The third-order valence-corrected chi connectivity index (χ3v) is 4.51. The Kier molecular flexibility index (Phi) is 1.75. The van der Waals surface area contributed by atoms with Gasteiger partial charge in [-0.3, -0.25) is 0 Å². The van der Waals surface area contributed by atoms with Crippen LogP contribution >= 0.6 is 23.2 Å². The molecule has 0 radical (unpaired) electrons. The summed E-state index contributed by atoms with van der Waals surface area (Å²) in [4.78, 5) is 0. The molecule has 0 unspecified atom stereocenters. The van der Waals surface area contributed by atoms with Crippen molar-refractivity contribution in [1.29, 1.82) is 0 Å². The van der Waals surface area contributed by atoms with E-state index in [1.807, 2.05) is 24.3 Å². The predicted octanol–water partition coefficient (Wildman–Crippen LogP) is 3.77. The molecule has 0 bridgehead atoms. The van der Waals surface area contributed by atoms with Crippen molar-refractivity contribution in [2.75, 3.05) is 0 Å². The van der Waals surface area contributed by atoms with E-state index in [1.165, 1.54) is 0 Å². The average Bonchev–Trinajstić information content (AvgIpc) is 2.55. The molecule has 2 aliphatic rings. The quantitative estimate of drug-likeness (QED) is 0.614. The fourth-order valence-electron chi connectivity index (χ4n) is 2.74. The lowest BCUT2D eigenvalue weighted by atomic mass is 9.69. The molecule has 1 aromatic carbocycles. The van der Waals surface area contributed by atoms with Gasteiger partial charge in [-0.25, -0.2) is 8.78 Å². The molecule has 1 fully saturated rings. The van der Waals surface area contributed by atoms with E-state index in [-0.39, 0.29) is 0 Å². The van der Waals surface area contributed by atoms with Gasteiger partial charge in [0.05, 0.1) is 0 Å². The van der Waals surface area contributed by atoms with E-state index in [1.54, 1.807) is 0 Å². The Hall–Kier alpha value is -0.340. The number of hydrogen-bond acceptors (Lipinski definition) is 0. The number of alkyl halides is 4. The van der Waals surface area contributed by atoms with Gasteiger partial charge in [-0.15, -0.1) is 0 Å². The Morgan fingerprint density at radius 1 is 1.20 bits per heavy atom. The minimum absolute atomic E-state index is 0.384. The second-order valence-electron chi connectivity index (χ2n) is 4.23. The summed E-state index contributed by atoms with van der Waals surface area (Å²) in [5.41, 5.74) is 1.84. The van der Waals surface area contributed by atoms with E-state index in [9.17, 15) is 8.78 Å². The first-order chi connectivity index (χ1) is 6.96. The largest absolute Gasteiger partial charge is 0.284 e. The number of fused-ring (bicyclic) bond motifs is 3. The molecule has 0 amide bonds. The molecular formula is C11H8Cl2F2. The fraction of sp³-hybridized carbons (Fsp3) is 0.455. The molecule has 2 atom stereocenters. The molecular weight excluding hydrogens is 241 g/mol. The maximum atomic E-state index is 13.6. The van der Waals surface area contributed by atoms with Crippen molar-refractivity contribution in [2.45, 2.75) is 22.6 Å². The van der Waals surface area contributed by atoms with Crippen LogP contribution in [0.1, 0.15) is 17.0 Å². The third kappa shape index (κ3) is 0.974. The van der Waals surface area contributed by atoms with Crippen LogP contribution in [0, 0.1) is 5.92 Å². The lowest BCUT2D eigenvalue weighted by Crippen LogP contribution is -2.62. The van der Waals surface area contributed by atoms with Crippen molar-refractivity contribution in [1.82, 2.24) is 0 Å². The molecule has 3 rings (SSSR count). The minimum Gasteiger partial charge on any atom is -0.203 e. The van der Waals surface area contributed by atoms with Gasteiger partial charge in [0.2, 0.25) is 0 Å². The van der Waals surface area contributed by atoms with E-state index in [2.05, 4.69) is 0 Å². The average molecular weight is 249 g/mol. The molecule has 0 heterocycles. The number of halogens is 4. The highest BCUT2D eigenvalue weighted by Gasteiger charge is 2.76. The monoisotopic (exact) mass is 248 g/mol. The van der Waals surface area contributed by atoms with Crippen molar-refractivity contribution in [3.63, 3.8) is 0 Å². The summed E-state index contributed by atoms with van der Waals surface area (Å²) >= 11 is 11.5. The molecule has 1 saturated carbocycles. The van der Waals surface area contributed by atoms with Crippen molar-refractivity contribution in [3.05, 3.63) is 35.4 Å². The maximum absolute atomic E-state index is 13.6. The Bertz CT molecular complexity index is 428. The van der Waals surface area contributed by atoms with Crippen molar-refractivity contribution in [3.8, 4) is 0 Å². The summed E-state index contributed by atoms with van der Waals surface area (Å²) in [6, 6.07) is 7.40. The molecule has 0 nitrogen and oxygen atoms in total. The first-order valence-corrected chi connectivity index (χ1v) is 5.55. The Balaban J connectivity index is 2.11. The first-order valence-electron chi connectivity index (χ1n) is 4.79. The van der Waals surface area contributed by atoms with E-state index in [0.717, 1.165) is 11.1 Å². The van der Waals surface area contributed by atoms with E-state index in [4.69, 9.17) is 23.2 Å². The van der Waals surface area contributed by atoms with E-state index >= 15 is 0 Å². The molecule has 4 heteroatoms. The zero-order valence-corrected chi connectivity index (χ0v) is 9.19. The van der Waals surface area contributed by atoms with Crippen molar-refractivity contribution >= 4 is 23.2 Å². The van der Waals surface area contributed by atoms with Crippen molar-refractivity contribution < 1.29 is 8.78 Å². The zero-order chi connectivity index (χ0) is 10.8. The van der Waals surface area contributed by atoms with E-state index < -0.39 is 22.1 Å². The molecule has 1 aromatic rings. The lowest BCUT2D eigenvalue weighted by Gasteiger charge is -2.51. The van der Waals surface area contributed by atoms with Gasteiger partial charge in [0, 0.05) is 11.8 Å². The molecule has 0 aliphatic heterocycles. The summed E-state index contributed by atoms with van der Waals surface area (Å²) in [5, 5.41) is 0. The van der Waals surface area contributed by atoms with Crippen LogP contribution in [-0.2, 0) is 6.42 Å². The van der Waals surface area contributed by atoms with Crippen LogP contribution in [0.5, 0.6) is 0 Å². The zero-order valence-electron chi connectivity index (χ0n) is 7.68. The summed E-state index contributed by atoms with van der Waals surface area (Å²) in [5.74, 6) is -4.10. The molecule has 0 spiro atoms. The standard InChI is InChI=1S/C11H8Cl2F2/c12-10(13)9-7-4-2-1-3-6(7)5-8(9)11(10,14)15/h1-4,8-9H,5H2/t8-,9-/m1/s1. The third-order valence-electron chi connectivity index (χ3n) is 3.53. The van der Waals surface area contributed by atoms with Gasteiger partial charge in [-0.1, -0.05) is 47.5 Å². The van der Waals surface area contributed by atoms with Crippen molar-refractivity contribution in [2.24, 2.45) is 5.92 Å². The Morgan fingerprint density at radius 3 is 2.60 bits per heavy atom. The highest BCUT2D eigenvalue weighted by Crippen LogP contribution is 2.70. The van der Waals surface area contributed by atoms with Crippen LogP contribution in [-0.4, -0.2) is 10.3 Å². The fourth-order valence-corrected chi connectivity index (χ4v) is 3.56. The van der Waals surface area contributed by atoms with Gasteiger partial charge in [0.15, 0.2) is 4.33 Å². The highest BCUT2D eigenvalue weighted by atomic mass is 35.5. The normalized spacial score (nSPS) is 34.1. The second-order valence-corrected chi connectivity index (χ2v) is 5.62. The maximum Gasteiger partial charge on any atom is 0.284 e. The van der Waals surface area contributed by atoms with Crippen LogP contribution in [0.15, 0.2) is 24.3 Å². The van der Waals surface area contributed by atoms with E-state index in [0.29, 0.717) is 6.42 Å². The number of benzene rings is 1. The van der Waals surface area contributed by atoms with Crippen LogP contribution in [0.4, 0.5) is 8.78 Å². The topological polar surface area (TPSA) is 0 Å². The molecule has 2 aliphatic carbocycles. The van der Waals surface area contributed by atoms with Gasteiger partial charge in [-0.05, 0) is 17.5 Å². The highest BCUT2D eigenvalue weighted by molar-refractivity contribution is 6.50. The van der Waals surface area contributed by atoms with Gasteiger partial charge in [0.1, 0.15) is 0 Å². The smallest absolute Gasteiger partial charge is 0.203 e. The minimum atomic E-state index is -2.97. The van der Waals surface area contributed by atoms with Gasteiger partial charge < -0.3 is 0 Å². The number of rotatable bonds is 0. The molecule has 80 valence electrons. The van der Waals surface area contributed by atoms with Gasteiger partial charge in [-0.2, -0.15) is 0 Å². The van der Waals surface area contributed by atoms with Crippen LogP contribution < -0.4 is 0 Å². The SMILES string of the molecule is FC1(F)[C@@H]2Cc3ccccc3[C@H]2C1(Cl)Cl. The van der Waals surface area contributed by atoms with Gasteiger partial charge in [0.25, 0.3) is 5.92 Å².